The van der Waals surface area contributed by atoms with Gasteiger partial charge in [-0.3, -0.25) is 0 Å². The van der Waals surface area contributed by atoms with Crippen LogP contribution >= 0.6 is 0 Å². The van der Waals surface area contributed by atoms with Gasteiger partial charge in [-0.1, -0.05) is 0 Å². The molecule has 1 heterocycles. The third-order valence-electron chi connectivity index (χ3n) is 3.86. The highest BCUT2D eigenvalue weighted by atomic mass is 16.5. The SMILES string of the molecule is CCOCCC1(CNC2CCCOC2)CC1. The van der Waals surface area contributed by atoms with Crippen molar-refractivity contribution in [2.75, 3.05) is 33.0 Å². The van der Waals surface area contributed by atoms with Crippen molar-refractivity contribution < 1.29 is 9.47 Å². The third kappa shape index (κ3) is 3.72. The van der Waals surface area contributed by atoms with E-state index in [4.69, 9.17) is 9.47 Å². The van der Waals surface area contributed by atoms with Crippen molar-refractivity contribution in [3.05, 3.63) is 0 Å². The first-order chi connectivity index (χ1) is 7.85. The highest BCUT2D eigenvalue weighted by molar-refractivity contribution is 4.95. The predicted molar refractivity (Wildman–Crippen MR) is 64.6 cm³/mol. The molecule has 2 rings (SSSR count). The molecule has 0 bridgehead atoms. The lowest BCUT2D eigenvalue weighted by atomic mass is 10.0. The highest BCUT2D eigenvalue weighted by Crippen LogP contribution is 2.48. The van der Waals surface area contributed by atoms with Gasteiger partial charge in [0.1, 0.15) is 0 Å². The second kappa shape index (κ2) is 5.99. The summed E-state index contributed by atoms with van der Waals surface area (Å²) in [6, 6.07) is 0.596. The number of nitrogens with one attached hydrogen (secondary N) is 1. The molecule has 2 fully saturated rings. The number of ether oxygens (including phenoxy) is 2. The van der Waals surface area contributed by atoms with Crippen LogP contribution in [0.3, 0.4) is 0 Å². The van der Waals surface area contributed by atoms with Crippen LogP contribution in [0.5, 0.6) is 0 Å². The Morgan fingerprint density at radius 3 is 2.94 bits per heavy atom. The Balaban J connectivity index is 1.60. The largest absolute Gasteiger partial charge is 0.382 e. The van der Waals surface area contributed by atoms with Gasteiger partial charge in [0, 0.05) is 32.4 Å². The van der Waals surface area contributed by atoms with E-state index in [1.54, 1.807) is 0 Å². The smallest absolute Gasteiger partial charge is 0.0619 e. The van der Waals surface area contributed by atoms with E-state index in [-0.39, 0.29) is 0 Å². The van der Waals surface area contributed by atoms with Crippen LogP contribution in [0.15, 0.2) is 0 Å². The lowest BCUT2D eigenvalue weighted by molar-refractivity contribution is 0.0669. The van der Waals surface area contributed by atoms with E-state index in [2.05, 4.69) is 12.2 Å². The van der Waals surface area contributed by atoms with Gasteiger partial charge in [-0.15, -0.1) is 0 Å². The fraction of sp³-hybridized carbons (Fsp3) is 1.00. The molecular weight excluding hydrogens is 202 g/mol. The van der Waals surface area contributed by atoms with Crippen molar-refractivity contribution in [3.63, 3.8) is 0 Å². The van der Waals surface area contributed by atoms with Crippen LogP contribution in [0.2, 0.25) is 0 Å². The van der Waals surface area contributed by atoms with Gasteiger partial charge in [0.25, 0.3) is 0 Å². The van der Waals surface area contributed by atoms with Crippen molar-refractivity contribution in [1.29, 1.82) is 0 Å². The lowest BCUT2D eigenvalue weighted by Crippen LogP contribution is -2.40. The average molecular weight is 227 g/mol. The average Bonchev–Trinajstić information content (AvgIpc) is 3.09. The second-order valence-electron chi connectivity index (χ2n) is 5.24. The highest BCUT2D eigenvalue weighted by Gasteiger charge is 2.41. The van der Waals surface area contributed by atoms with Crippen molar-refractivity contribution in [2.24, 2.45) is 5.41 Å². The Hall–Kier alpha value is -0.120. The van der Waals surface area contributed by atoms with Crippen LogP contribution in [0.4, 0.5) is 0 Å². The van der Waals surface area contributed by atoms with Crippen LogP contribution in [-0.4, -0.2) is 39.0 Å². The van der Waals surface area contributed by atoms with Crippen molar-refractivity contribution >= 4 is 0 Å². The summed E-state index contributed by atoms with van der Waals surface area (Å²) >= 11 is 0. The summed E-state index contributed by atoms with van der Waals surface area (Å²) in [7, 11) is 0. The lowest BCUT2D eigenvalue weighted by Gasteiger charge is -2.26. The number of hydrogen-bond donors (Lipinski definition) is 1. The fourth-order valence-electron chi connectivity index (χ4n) is 2.39. The van der Waals surface area contributed by atoms with Gasteiger partial charge in [0.05, 0.1) is 6.61 Å². The molecule has 0 radical (unpaired) electrons. The molecule has 1 N–H and O–H groups in total. The normalized spacial score (nSPS) is 27.9. The number of hydrogen-bond acceptors (Lipinski definition) is 3. The standard InChI is InChI=1S/C13H25NO2/c1-2-15-9-7-13(5-6-13)11-14-12-4-3-8-16-10-12/h12,14H,2-11H2,1H3. The van der Waals surface area contributed by atoms with E-state index in [0.717, 1.165) is 33.0 Å². The molecular formula is C13H25NO2. The molecule has 0 amide bonds. The molecule has 0 aromatic carbocycles. The molecule has 1 atom stereocenters. The van der Waals surface area contributed by atoms with Gasteiger partial charge < -0.3 is 14.8 Å². The maximum atomic E-state index is 5.48. The monoisotopic (exact) mass is 227 g/mol. The Kier molecular flexibility index (Phi) is 4.62. The maximum Gasteiger partial charge on any atom is 0.0619 e. The Morgan fingerprint density at radius 1 is 1.44 bits per heavy atom. The van der Waals surface area contributed by atoms with Gasteiger partial charge in [-0.05, 0) is 44.4 Å². The quantitative estimate of drug-likeness (QED) is 0.674. The first-order valence-electron chi connectivity index (χ1n) is 6.73. The zero-order chi connectivity index (χ0) is 11.3. The minimum Gasteiger partial charge on any atom is -0.382 e. The van der Waals surface area contributed by atoms with Gasteiger partial charge in [-0.2, -0.15) is 0 Å². The Bertz CT molecular complexity index is 198. The maximum absolute atomic E-state index is 5.48. The molecule has 94 valence electrons. The van der Waals surface area contributed by atoms with Crippen LogP contribution < -0.4 is 5.32 Å². The number of rotatable bonds is 7. The zero-order valence-electron chi connectivity index (χ0n) is 10.5. The van der Waals surface area contributed by atoms with Crippen molar-refractivity contribution in [2.45, 2.75) is 45.1 Å². The van der Waals surface area contributed by atoms with E-state index in [0.29, 0.717) is 11.5 Å². The predicted octanol–water partition coefficient (Wildman–Crippen LogP) is 1.96. The van der Waals surface area contributed by atoms with Crippen LogP contribution in [-0.2, 0) is 9.47 Å². The van der Waals surface area contributed by atoms with E-state index in [1.807, 2.05) is 0 Å². The third-order valence-corrected chi connectivity index (χ3v) is 3.86. The van der Waals surface area contributed by atoms with E-state index >= 15 is 0 Å². The summed E-state index contributed by atoms with van der Waals surface area (Å²) in [5, 5.41) is 3.67. The summed E-state index contributed by atoms with van der Waals surface area (Å²) in [6.07, 6.45) is 6.47. The summed E-state index contributed by atoms with van der Waals surface area (Å²) in [4.78, 5) is 0. The summed E-state index contributed by atoms with van der Waals surface area (Å²) in [5.41, 5.74) is 0.562. The Morgan fingerprint density at radius 2 is 2.31 bits per heavy atom. The summed E-state index contributed by atoms with van der Waals surface area (Å²) < 4.78 is 10.9. The van der Waals surface area contributed by atoms with Crippen molar-refractivity contribution in [1.82, 2.24) is 5.32 Å². The summed E-state index contributed by atoms with van der Waals surface area (Å²) in [5.74, 6) is 0. The van der Waals surface area contributed by atoms with Crippen molar-refractivity contribution in [3.8, 4) is 0 Å². The molecule has 0 aromatic rings. The first-order valence-corrected chi connectivity index (χ1v) is 6.73. The van der Waals surface area contributed by atoms with Crippen LogP contribution in [0.1, 0.15) is 39.0 Å². The topological polar surface area (TPSA) is 30.5 Å². The molecule has 3 nitrogen and oxygen atoms in total. The summed E-state index contributed by atoms with van der Waals surface area (Å²) in [6.45, 7) is 6.86. The Labute approximate surface area is 98.9 Å². The molecule has 16 heavy (non-hydrogen) atoms. The first kappa shape index (κ1) is 12.3. The van der Waals surface area contributed by atoms with Gasteiger partial charge >= 0.3 is 0 Å². The van der Waals surface area contributed by atoms with E-state index < -0.39 is 0 Å². The second-order valence-corrected chi connectivity index (χ2v) is 5.24. The minimum absolute atomic E-state index is 0.562. The van der Waals surface area contributed by atoms with Crippen LogP contribution in [0.25, 0.3) is 0 Å². The van der Waals surface area contributed by atoms with E-state index in [9.17, 15) is 0 Å². The molecule has 0 aromatic heterocycles. The van der Waals surface area contributed by atoms with Gasteiger partial charge in [0.15, 0.2) is 0 Å². The molecule has 1 unspecified atom stereocenters. The van der Waals surface area contributed by atoms with Crippen LogP contribution in [0, 0.1) is 5.41 Å². The van der Waals surface area contributed by atoms with E-state index in [1.165, 1.54) is 32.1 Å². The van der Waals surface area contributed by atoms with Gasteiger partial charge in [0.2, 0.25) is 0 Å². The molecule has 1 saturated carbocycles. The molecule has 1 aliphatic heterocycles. The molecule has 1 saturated heterocycles. The fourth-order valence-corrected chi connectivity index (χ4v) is 2.39. The molecule has 2 aliphatic rings. The zero-order valence-corrected chi connectivity index (χ0v) is 10.5. The minimum atomic E-state index is 0.562. The molecule has 1 aliphatic carbocycles. The molecule has 0 spiro atoms. The van der Waals surface area contributed by atoms with Gasteiger partial charge in [-0.25, -0.2) is 0 Å². The molecule has 3 heteroatoms.